The van der Waals surface area contributed by atoms with E-state index < -0.39 is 0 Å². The van der Waals surface area contributed by atoms with Gasteiger partial charge in [0.25, 0.3) is 0 Å². The number of fused-ring (bicyclic) bond motifs is 1. The summed E-state index contributed by atoms with van der Waals surface area (Å²) < 4.78 is 10.6. The van der Waals surface area contributed by atoms with Crippen LogP contribution in [0.4, 0.5) is 11.8 Å². The number of pyridine rings is 2. The van der Waals surface area contributed by atoms with E-state index in [1.54, 1.807) is 38.9 Å². The quantitative estimate of drug-likeness (QED) is 0.577. The zero-order valence-electron chi connectivity index (χ0n) is 17.1. The van der Waals surface area contributed by atoms with Gasteiger partial charge in [0.05, 0.1) is 38.2 Å². The summed E-state index contributed by atoms with van der Waals surface area (Å²) in [5.74, 6) is 1.08. The molecule has 1 atom stereocenters. The molecule has 1 aliphatic rings. The highest BCUT2D eigenvalue weighted by atomic mass is 35.5. The molecule has 0 bridgehead atoms. The number of hydrogen-bond donors (Lipinski definition) is 1. The Bertz CT molecular complexity index is 1110. The molecular weight excluding hydrogens is 420 g/mol. The molecule has 2 N–H and O–H groups in total. The highest BCUT2D eigenvalue weighted by molar-refractivity contribution is 6.34. The van der Waals surface area contributed by atoms with Crippen LogP contribution in [0.3, 0.4) is 0 Å². The molecule has 0 amide bonds. The van der Waals surface area contributed by atoms with E-state index in [-0.39, 0.29) is 28.4 Å². The molecule has 0 aromatic carbocycles. The van der Waals surface area contributed by atoms with Crippen molar-refractivity contribution in [3.8, 4) is 11.5 Å². The van der Waals surface area contributed by atoms with Crippen LogP contribution in [0.1, 0.15) is 21.6 Å². The Labute approximate surface area is 184 Å². The summed E-state index contributed by atoms with van der Waals surface area (Å²) in [7, 11) is 3.12. The minimum atomic E-state index is -0.334. The molecule has 4 rings (SSSR count). The summed E-state index contributed by atoms with van der Waals surface area (Å²) >= 11 is 6.33. The van der Waals surface area contributed by atoms with Gasteiger partial charge >= 0.3 is 0 Å². The summed E-state index contributed by atoms with van der Waals surface area (Å²) in [4.78, 5) is 32.0. The number of hydrogen-bond acceptors (Lipinski definition) is 9. The molecule has 0 fully saturated rings. The van der Waals surface area contributed by atoms with E-state index in [0.29, 0.717) is 42.5 Å². The van der Waals surface area contributed by atoms with Crippen molar-refractivity contribution >= 4 is 29.2 Å². The van der Waals surface area contributed by atoms with Crippen LogP contribution in [-0.4, -0.2) is 46.5 Å². The van der Waals surface area contributed by atoms with Gasteiger partial charge in [-0.2, -0.15) is 4.98 Å². The molecule has 3 aromatic heterocycles. The zero-order chi connectivity index (χ0) is 22.0. The van der Waals surface area contributed by atoms with Crippen molar-refractivity contribution in [1.82, 2.24) is 19.9 Å². The van der Waals surface area contributed by atoms with Crippen LogP contribution >= 0.6 is 11.6 Å². The van der Waals surface area contributed by atoms with Gasteiger partial charge in [-0.1, -0.05) is 11.6 Å². The smallest absolute Gasteiger partial charge is 0.223 e. The van der Waals surface area contributed by atoms with Crippen LogP contribution in [0, 0.1) is 5.92 Å². The topological polar surface area (TPSA) is 116 Å². The fourth-order valence-corrected chi connectivity index (χ4v) is 3.94. The summed E-state index contributed by atoms with van der Waals surface area (Å²) in [6.07, 6.45) is 5.55. The average Bonchev–Trinajstić information content (AvgIpc) is 2.77. The van der Waals surface area contributed by atoms with Gasteiger partial charge in [-0.05, 0) is 24.1 Å². The molecule has 1 aliphatic heterocycles. The fourth-order valence-electron chi connectivity index (χ4n) is 3.68. The molecule has 4 heterocycles. The highest BCUT2D eigenvalue weighted by Gasteiger charge is 2.36. The van der Waals surface area contributed by atoms with Gasteiger partial charge in [0.15, 0.2) is 17.3 Å². The predicted molar refractivity (Wildman–Crippen MR) is 116 cm³/mol. The van der Waals surface area contributed by atoms with Gasteiger partial charge in [0, 0.05) is 30.9 Å². The van der Waals surface area contributed by atoms with E-state index in [2.05, 4.69) is 19.9 Å². The molecule has 10 heteroatoms. The molecule has 1 unspecified atom stereocenters. The lowest BCUT2D eigenvalue weighted by Crippen LogP contribution is -2.41. The van der Waals surface area contributed by atoms with Gasteiger partial charge < -0.3 is 20.1 Å². The van der Waals surface area contributed by atoms with Gasteiger partial charge in [-0.15, -0.1) is 0 Å². The molecule has 0 saturated carbocycles. The first kappa shape index (κ1) is 20.8. The number of nitrogens with two attached hydrogens (primary N) is 1. The number of carbonyl (C=O) groups is 1. The lowest BCUT2D eigenvalue weighted by atomic mass is 9.88. The molecule has 0 spiro atoms. The van der Waals surface area contributed by atoms with Crippen molar-refractivity contribution in [2.45, 2.75) is 13.0 Å². The number of aromatic nitrogens is 4. The number of nitrogens with zero attached hydrogens (tertiary/aromatic N) is 5. The van der Waals surface area contributed by atoms with E-state index in [0.717, 1.165) is 5.56 Å². The zero-order valence-corrected chi connectivity index (χ0v) is 17.8. The second-order valence-electron chi connectivity index (χ2n) is 7.10. The number of rotatable bonds is 6. The van der Waals surface area contributed by atoms with Gasteiger partial charge in [-0.3, -0.25) is 14.8 Å². The number of halogens is 1. The SMILES string of the molecule is COc1cnc(CN2CC(Cc3ccncc3)C(=O)c3c(Cl)nc(N)nc32)cc1OC. The number of ether oxygens (including phenoxy) is 2. The average molecular weight is 441 g/mol. The fraction of sp³-hybridized carbons (Fsp3) is 0.286. The number of carbonyl (C=O) groups excluding carboxylic acids is 1. The first-order chi connectivity index (χ1) is 15.0. The maximum Gasteiger partial charge on any atom is 0.223 e. The number of ketones is 1. The van der Waals surface area contributed by atoms with Crippen molar-refractivity contribution in [1.29, 1.82) is 0 Å². The van der Waals surface area contributed by atoms with Crippen LogP contribution < -0.4 is 20.1 Å². The number of Topliss-reactive ketones (excluding diaryl/α,β-unsaturated/α-hetero) is 1. The summed E-state index contributed by atoms with van der Waals surface area (Å²) in [5.41, 5.74) is 7.83. The van der Waals surface area contributed by atoms with E-state index in [9.17, 15) is 4.79 Å². The Morgan fingerprint density at radius 2 is 1.94 bits per heavy atom. The summed E-state index contributed by atoms with van der Waals surface area (Å²) in [6, 6.07) is 5.58. The Balaban J connectivity index is 1.71. The van der Waals surface area contributed by atoms with Crippen molar-refractivity contribution in [3.63, 3.8) is 0 Å². The molecule has 31 heavy (non-hydrogen) atoms. The number of nitrogen functional groups attached to an aromatic ring is 1. The van der Waals surface area contributed by atoms with Gasteiger partial charge in [0.1, 0.15) is 11.0 Å². The van der Waals surface area contributed by atoms with E-state index in [1.807, 2.05) is 17.0 Å². The van der Waals surface area contributed by atoms with Gasteiger partial charge in [0.2, 0.25) is 5.95 Å². The third-order valence-electron chi connectivity index (χ3n) is 5.13. The van der Waals surface area contributed by atoms with Crippen LogP contribution in [0.2, 0.25) is 5.15 Å². The van der Waals surface area contributed by atoms with Crippen LogP contribution in [0.5, 0.6) is 11.5 Å². The van der Waals surface area contributed by atoms with Gasteiger partial charge in [-0.25, -0.2) is 4.98 Å². The molecule has 0 radical (unpaired) electrons. The van der Waals surface area contributed by atoms with Crippen molar-refractivity contribution in [3.05, 3.63) is 58.8 Å². The number of anilines is 2. The third kappa shape index (κ3) is 4.22. The Morgan fingerprint density at radius 3 is 2.65 bits per heavy atom. The lowest BCUT2D eigenvalue weighted by molar-refractivity contribution is 0.0913. The van der Waals surface area contributed by atoms with E-state index >= 15 is 0 Å². The second-order valence-corrected chi connectivity index (χ2v) is 7.46. The minimum absolute atomic E-state index is 0.00871. The normalized spacial score (nSPS) is 15.5. The van der Waals surface area contributed by atoms with Crippen LogP contribution in [0.15, 0.2) is 36.8 Å². The van der Waals surface area contributed by atoms with Crippen molar-refractivity contribution in [2.75, 3.05) is 31.4 Å². The molecular formula is C21H21ClN6O3. The lowest BCUT2D eigenvalue weighted by Gasteiger charge is -2.34. The van der Waals surface area contributed by atoms with Crippen molar-refractivity contribution < 1.29 is 14.3 Å². The molecule has 0 aliphatic carbocycles. The predicted octanol–water partition coefficient (Wildman–Crippen LogP) is 2.58. The summed E-state index contributed by atoms with van der Waals surface area (Å²) in [6.45, 7) is 0.803. The first-order valence-electron chi connectivity index (χ1n) is 9.58. The monoisotopic (exact) mass is 440 g/mol. The standard InChI is InChI=1S/C21H21ClN6O3/c1-30-15-8-14(25-9-16(15)31-2)11-28-10-13(7-12-3-5-24-6-4-12)18(29)17-19(22)26-21(23)27-20(17)28/h3-6,8-9,13H,7,10-11H2,1-2H3,(H2,23,26,27). The minimum Gasteiger partial charge on any atom is -0.493 e. The van der Waals surface area contributed by atoms with Crippen molar-refractivity contribution in [2.24, 2.45) is 5.92 Å². The maximum atomic E-state index is 13.2. The molecule has 3 aromatic rings. The van der Waals surface area contributed by atoms with Crippen LogP contribution in [0.25, 0.3) is 0 Å². The summed E-state index contributed by atoms with van der Waals surface area (Å²) in [5, 5.41) is 0.0530. The molecule has 160 valence electrons. The largest absolute Gasteiger partial charge is 0.493 e. The first-order valence-corrected chi connectivity index (χ1v) is 9.96. The molecule has 0 saturated heterocycles. The Hall–Kier alpha value is -3.46. The highest BCUT2D eigenvalue weighted by Crippen LogP contribution is 2.35. The maximum absolute atomic E-state index is 13.2. The molecule has 9 nitrogen and oxygen atoms in total. The van der Waals surface area contributed by atoms with E-state index in [4.69, 9.17) is 26.8 Å². The number of methoxy groups -OCH3 is 2. The Morgan fingerprint density at radius 1 is 1.19 bits per heavy atom. The Kier molecular flexibility index (Phi) is 5.85. The second kappa shape index (κ2) is 8.73. The van der Waals surface area contributed by atoms with E-state index in [1.165, 1.54) is 0 Å². The third-order valence-corrected chi connectivity index (χ3v) is 5.41. The van der Waals surface area contributed by atoms with Crippen LogP contribution in [-0.2, 0) is 13.0 Å².